The average Bonchev–Trinajstić information content (AvgIpc) is 2.46. The van der Waals surface area contributed by atoms with E-state index in [0.29, 0.717) is 0 Å². The minimum Gasteiger partial charge on any atom is -0.466 e. The second kappa shape index (κ2) is 7.47. The quantitative estimate of drug-likeness (QED) is 0.453. The number of halogens is 4. The summed E-state index contributed by atoms with van der Waals surface area (Å²) in [5, 5.41) is 2.42. The van der Waals surface area contributed by atoms with E-state index in [2.05, 4.69) is 14.8 Å². The van der Waals surface area contributed by atoms with Crippen LogP contribution in [-0.4, -0.2) is 26.2 Å². The minimum absolute atomic E-state index is 0.00668. The molecular formula is C13H11F3INO4. The van der Waals surface area contributed by atoms with Gasteiger partial charge in [-0.25, -0.2) is 9.59 Å². The molecule has 5 nitrogen and oxygen atoms in total. The van der Waals surface area contributed by atoms with Gasteiger partial charge in [-0.15, -0.1) is 0 Å². The highest BCUT2D eigenvalue weighted by molar-refractivity contribution is 14.1. The van der Waals surface area contributed by atoms with Crippen molar-refractivity contribution in [3.05, 3.63) is 39.1 Å². The predicted molar refractivity (Wildman–Crippen MR) is 79.9 cm³/mol. The van der Waals surface area contributed by atoms with E-state index in [1.165, 1.54) is 12.1 Å². The number of esters is 2. The lowest BCUT2D eigenvalue weighted by molar-refractivity contribution is -0.138. The molecule has 1 aromatic carbocycles. The number of rotatable bonds is 4. The first kappa shape index (κ1) is 18.3. The van der Waals surface area contributed by atoms with Crippen molar-refractivity contribution in [2.75, 3.05) is 19.5 Å². The summed E-state index contributed by atoms with van der Waals surface area (Å²) in [4.78, 5) is 22.7. The van der Waals surface area contributed by atoms with Crippen LogP contribution >= 0.6 is 22.6 Å². The fourth-order valence-electron chi connectivity index (χ4n) is 1.41. The number of alkyl halides is 3. The van der Waals surface area contributed by atoms with Gasteiger partial charge < -0.3 is 14.8 Å². The Morgan fingerprint density at radius 3 is 2.36 bits per heavy atom. The van der Waals surface area contributed by atoms with Crippen molar-refractivity contribution in [2.24, 2.45) is 0 Å². The van der Waals surface area contributed by atoms with Crippen LogP contribution < -0.4 is 5.32 Å². The van der Waals surface area contributed by atoms with E-state index < -0.39 is 23.7 Å². The summed E-state index contributed by atoms with van der Waals surface area (Å²) in [6, 6.07) is 3.40. The molecule has 0 saturated carbocycles. The van der Waals surface area contributed by atoms with Crippen LogP contribution in [0.3, 0.4) is 0 Å². The van der Waals surface area contributed by atoms with Gasteiger partial charge in [-0.2, -0.15) is 13.2 Å². The third-order valence-electron chi connectivity index (χ3n) is 2.42. The largest absolute Gasteiger partial charge is 0.466 e. The van der Waals surface area contributed by atoms with Gasteiger partial charge in [0.05, 0.1) is 25.9 Å². The third kappa shape index (κ3) is 4.90. The van der Waals surface area contributed by atoms with E-state index in [-0.39, 0.29) is 15.0 Å². The molecule has 1 aromatic rings. The first-order valence-electron chi connectivity index (χ1n) is 5.70. The van der Waals surface area contributed by atoms with Crippen molar-refractivity contribution in [3.63, 3.8) is 0 Å². The third-order valence-corrected chi connectivity index (χ3v) is 3.36. The van der Waals surface area contributed by atoms with Crippen LogP contribution in [-0.2, 0) is 25.2 Å². The maximum atomic E-state index is 12.8. The fourth-order valence-corrected chi connectivity index (χ4v) is 2.05. The minimum atomic E-state index is -4.54. The number of nitrogens with one attached hydrogen (secondary N) is 1. The van der Waals surface area contributed by atoms with E-state index in [1.54, 1.807) is 22.6 Å². The number of anilines is 1. The Kier molecular flexibility index (Phi) is 6.21. The topological polar surface area (TPSA) is 64.6 Å². The summed E-state index contributed by atoms with van der Waals surface area (Å²) in [7, 11) is 2.17. The molecule has 0 saturated heterocycles. The van der Waals surface area contributed by atoms with E-state index in [9.17, 15) is 22.8 Å². The molecule has 9 heteroatoms. The Bertz CT molecular complexity index is 614. The van der Waals surface area contributed by atoms with Gasteiger partial charge in [0.1, 0.15) is 5.70 Å². The van der Waals surface area contributed by atoms with Crippen molar-refractivity contribution in [1.82, 2.24) is 0 Å². The van der Waals surface area contributed by atoms with Gasteiger partial charge >= 0.3 is 18.1 Å². The highest BCUT2D eigenvalue weighted by Crippen LogP contribution is 2.34. The van der Waals surface area contributed by atoms with Crippen LogP contribution in [0.1, 0.15) is 5.56 Å². The number of benzene rings is 1. The molecule has 22 heavy (non-hydrogen) atoms. The average molecular weight is 429 g/mol. The molecule has 0 unspecified atom stereocenters. The fraction of sp³-hybridized carbons (Fsp3) is 0.231. The monoisotopic (exact) mass is 429 g/mol. The molecule has 120 valence electrons. The number of ether oxygens (including phenoxy) is 2. The molecule has 0 amide bonds. The van der Waals surface area contributed by atoms with Gasteiger partial charge in [0.15, 0.2) is 0 Å². The van der Waals surface area contributed by atoms with Crippen LogP contribution in [0.15, 0.2) is 30.0 Å². The number of carbonyl (C=O) groups excluding carboxylic acids is 2. The van der Waals surface area contributed by atoms with Gasteiger partial charge in [0.25, 0.3) is 0 Å². The summed E-state index contributed by atoms with van der Waals surface area (Å²) in [6.07, 6.45) is -3.75. The molecule has 0 aliphatic carbocycles. The Balaban J connectivity index is 3.17. The molecule has 0 atom stereocenters. The summed E-state index contributed by atoms with van der Waals surface area (Å²) in [6.45, 7) is 0. The van der Waals surface area contributed by atoms with Crippen molar-refractivity contribution in [2.45, 2.75) is 6.18 Å². The molecule has 1 N–H and O–H groups in total. The summed E-state index contributed by atoms with van der Waals surface area (Å²) >= 11 is 1.55. The number of hydrogen-bond donors (Lipinski definition) is 1. The highest BCUT2D eigenvalue weighted by Gasteiger charge is 2.33. The van der Waals surface area contributed by atoms with Crippen molar-refractivity contribution in [1.29, 1.82) is 0 Å². The van der Waals surface area contributed by atoms with Gasteiger partial charge in [-0.1, -0.05) is 0 Å². The number of carbonyl (C=O) groups is 2. The lowest BCUT2D eigenvalue weighted by atomic mass is 10.2. The van der Waals surface area contributed by atoms with E-state index >= 15 is 0 Å². The first-order chi connectivity index (χ1) is 10.2. The lowest BCUT2D eigenvalue weighted by Crippen LogP contribution is -2.16. The van der Waals surface area contributed by atoms with E-state index in [1.807, 2.05) is 0 Å². The van der Waals surface area contributed by atoms with Crippen molar-refractivity contribution in [3.8, 4) is 0 Å². The zero-order chi connectivity index (χ0) is 16.9. The van der Waals surface area contributed by atoms with Gasteiger partial charge in [0.2, 0.25) is 0 Å². The molecule has 0 spiro atoms. The molecule has 0 fully saturated rings. The molecule has 0 radical (unpaired) electrons. The van der Waals surface area contributed by atoms with Gasteiger partial charge in [-0.3, -0.25) is 0 Å². The summed E-state index contributed by atoms with van der Waals surface area (Å²) in [5.41, 5.74) is -1.22. The number of methoxy groups -OCH3 is 2. The number of hydrogen-bond acceptors (Lipinski definition) is 5. The maximum absolute atomic E-state index is 12.8. The predicted octanol–water partition coefficient (Wildman–Crippen LogP) is 2.95. The molecule has 0 aromatic heterocycles. The molecule has 0 aliphatic rings. The van der Waals surface area contributed by atoms with Crippen LogP contribution in [0, 0.1) is 3.57 Å². The molecule has 0 bridgehead atoms. The molecule has 0 heterocycles. The van der Waals surface area contributed by atoms with Crippen LogP contribution in [0.4, 0.5) is 18.9 Å². The normalized spacial score (nSPS) is 11.8. The summed E-state index contributed by atoms with van der Waals surface area (Å²) < 4.78 is 47.4. The van der Waals surface area contributed by atoms with Crippen molar-refractivity contribution >= 4 is 40.2 Å². The van der Waals surface area contributed by atoms with Gasteiger partial charge in [-0.05, 0) is 40.8 Å². The van der Waals surface area contributed by atoms with Crippen LogP contribution in [0.5, 0.6) is 0 Å². The molecule has 1 rings (SSSR count). The SMILES string of the molecule is COC(=O)/C=C(/Nc1ccc(I)c(C(F)(F)F)c1)C(=O)OC. The Hall–Kier alpha value is -1.78. The summed E-state index contributed by atoms with van der Waals surface area (Å²) in [5.74, 6) is -1.77. The maximum Gasteiger partial charge on any atom is 0.417 e. The second-order valence-electron chi connectivity index (χ2n) is 3.89. The highest BCUT2D eigenvalue weighted by atomic mass is 127. The Morgan fingerprint density at radius 2 is 1.86 bits per heavy atom. The lowest BCUT2D eigenvalue weighted by Gasteiger charge is -2.13. The second-order valence-corrected chi connectivity index (χ2v) is 5.05. The zero-order valence-corrected chi connectivity index (χ0v) is 13.6. The van der Waals surface area contributed by atoms with Gasteiger partial charge in [0, 0.05) is 9.26 Å². The first-order valence-corrected chi connectivity index (χ1v) is 6.78. The van der Waals surface area contributed by atoms with Crippen molar-refractivity contribution < 1.29 is 32.2 Å². The van der Waals surface area contributed by atoms with Crippen LogP contribution in [0.2, 0.25) is 0 Å². The smallest absolute Gasteiger partial charge is 0.417 e. The Labute approximate surface area is 137 Å². The van der Waals surface area contributed by atoms with E-state index in [4.69, 9.17) is 0 Å². The molecular weight excluding hydrogens is 418 g/mol. The molecule has 0 aliphatic heterocycles. The van der Waals surface area contributed by atoms with E-state index in [0.717, 1.165) is 26.4 Å². The Morgan fingerprint density at radius 1 is 1.23 bits per heavy atom. The van der Waals surface area contributed by atoms with Crippen LogP contribution in [0.25, 0.3) is 0 Å². The standard InChI is InChI=1S/C13H11F3INO4/c1-21-11(19)6-10(12(20)22-2)18-7-3-4-9(17)8(5-7)13(14,15)16/h3-6,18H,1-2H3/b10-6+. The zero-order valence-electron chi connectivity index (χ0n) is 11.5.